The molecule has 0 heterocycles. The lowest BCUT2D eigenvalue weighted by Gasteiger charge is -2.50. The molecule has 0 aromatic heterocycles. The number of ketones is 2. The van der Waals surface area contributed by atoms with E-state index in [1.165, 1.54) is 11.0 Å². The van der Waals surface area contributed by atoms with Gasteiger partial charge >= 0.3 is 0 Å². The molecule has 3 aliphatic rings. The number of nitrogens with zero attached hydrogens (tertiary/aromatic N) is 2. The number of benzene rings is 1. The van der Waals surface area contributed by atoms with Crippen LogP contribution < -0.4 is 5.73 Å². The number of carbonyl (C=O) groups is 3. The van der Waals surface area contributed by atoms with Crippen molar-refractivity contribution in [2.24, 2.45) is 29.4 Å². The highest BCUT2D eigenvalue weighted by Crippen LogP contribution is 2.53. The highest BCUT2D eigenvalue weighted by molar-refractivity contribution is 6.24. The molecule has 6 N–H and O–H groups in total. The molecule has 10 heteroatoms. The van der Waals surface area contributed by atoms with Gasteiger partial charge in [0, 0.05) is 31.1 Å². The normalized spacial score (nSPS) is 26.6. The number of hydrogen-bond donors (Lipinski definition) is 5. The van der Waals surface area contributed by atoms with E-state index in [0.717, 1.165) is 18.7 Å². The number of rotatable bonds is 8. The van der Waals surface area contributed by atoms with Gasteiger partial charge in [0.1, 0.15) is 22.8 Å². The highest BCUT2D eigenvalue weighted by Gasteiger charge is 2.64. The summed E-state index contributed by atoms with van der Waals surface area (Å²) in [6.07, 6.45) is 0.359. The zero-order valence-electron chi connectivity index (χ0n) is 24.1. The monoisotopic (exact) mass is 555 g/mol. The van der Waals surface area contributed by atoms with Crippen molar-refractivity contribution in [3.8, 4) is 5.75 Å². The predicted octanol–water partition coefficient (Wildman–Crippen LogP) is 2.08. The third-order valence-corrected chi connectivity index (χ3v) is 8.34. The van der Waals surface area contributed by atoms with Gasteiger partial charge in [-0.25, -0.2) is 0 Å². The summed E-state index contributed by atoms with van der Waals surface area (Å²) in [6.45, 7) is 10.9. The smallest absolute Gasteiger partial charge is 0.255 e. The zero-order valence-corrected chi connectivity index (χ0v) is 24.1. The van der Waals surface area contributed by atoms with Gasteiger partial charge in [-0.2, -0.15) is 0 Å². The van der Waals surface area contributed by atoms with E-state index in [1.807, 2.05) is 6.07 Å². The molecule has 1 saturated carbocycles. The van der Waals surface area contributed by atoms with Gasteiger partial charge in [-0.1, -0.05) is 33.8 Å². The van der Waals surface area contributed by atoms with E-state index in [2.05, 4.69) is 32.6 Å². The second kappa shape index (κ2) is 10.6. The van der Waals surface area contributed by atoms with Crippen LogP contribution in [0.15, 0.2) is 29.0 Å². The van der Waals surface area contributed by atoms with E-state index in [1.54, 1.807) is 14.1 Å². The number of amides is 1. The van der Waals surface area contributed by atoms with Crippen molar-refractivity contribution in [1.29, 1.82) is 0 Å². The van der Waals surface area contributed by atoms with E-state index in [0.29, 0.717) is 23.9 Å². The Morgan fingerprint density at radius 3 is 2.20 bits per heavy atom. The molecule has 4 atom stereocenters. The molecule has 0 aliphatic heterocycles. The van der Waals surface area contributed by atoms with E-state index in [-0.39, 0.29) is 29.7 Å². The molecule has 4 rings (SSSR count). The fourth-order valence-corrected chi connectivity index (χ4v) is 6.93. The quantitative estimate of drug-likeness (QED) is 0.302. The molecule has 218 valence electrons. The standard InChI is InChI=1S/C30H41N3O7/c1-14(2)11-33(12-15(3)4)13-16-7-8-20(34)22-18(16)9-17-10-19-24(32(5)6)26(36)23(29(31)39)28(38)30(19,40)27(37)21(17)25(22)35/h7-8,14-15,17,19,24,34-35,38,40H,9-13H2,1-6H3,(H2,31,39)/t17-,19+,24?,30-/m0/s1. The maximum absolute atomic E-state index is 14.0. The largest absolute Gasteiger partial charge is 0.508 e. The minimum Gasteiger partial charge on any atom is -0.508 e. The minimum absolute atomic E-state index is 0.0720. The van der Waals surface area contributed by atoms with Gasteiger partial charge in [0.15, 0.2) is 11.4 Å². The van der Waals surface area contributed by atoms with Gasteiger partial charge in [0.25, 0.3) is 5.91 Å². The lowest BCUT2D eigenvalue weighted by Crippen LogP contribution is -2.65. The highest BCUT2D eigenvalue weighted by atomic mass is 16.3. The number of aliphatic hydroxyl groups excluding tert-OH is 2. The van der Waals surface area contributed by atoms with Crippen LogP contribution in [0.3, 0.4) is 0 Å². The van der Waals surface area contributed by atoms with Crippen LogP contribution in [0.4, 0.5) is 0 Å². The molecule has 0 bridgehead atoms. The lowest BCUT2D eigenvalue weighted by atomic mass is 9.57. The molecule has 10 nitrogen and oxygen atoms in total. The van der Waals surface area contributed by atoms with Gasteiger partial charge in [0.05, 0.1) is 11.6 Å². The van der Waals surface area contributed by atoms with E-state index in [4.69, 9.17) is 5.73 Å². The summed E-state index contributed by atoms with van der Waals surface area (Å²) in [5.41, 5.74) is 3.54. The molecular weight excluding hydrogens is 514 g/mol. The van der Waals surface area contributed by atoms with Crippen molar-refractivity contribution in [2.45, 2.75) is 58.7 Å². The van der Waals surface area contributed by atoms with Crippen molar-refractivity contribution >= 4 is 23.2 Å². The topological polar surface area (TPSA) is 165 Å². The van der Waals surface area contributed by atoms with Crippen LogP contribution in [-0.2, 0) is 27.3 Å². The molecule has 3 aliphatic carbocycles. The predicted molar refractivity (Wildman–Crippen MR) is 149 cm³/mol. The molecule has 0 radical (unpaired) electrons. The zero-order chi connectivity index (χ0) is 29.8. The summed E-state index contributed by atoms with van der Waals surface area (Å²) in [4.78, 5) is 43.2. The number of likely N-dealkylation sites (N-methyl/N-ethyl adjacent to an activating group) is 1. The number of Topliss-reactive ketones (excluding diaryl/α,β-unsaturated/α-hetero) is 2. The molecule has 1 aromatic carbocycles. The minimum atomic E-state index is -2.64. The van der Waals surface area contributed by atoms with E-state index < -0.39 is 58.0 Å². The van der Waals surface area contributed by atoms with Gasteiger partial charge in [0.2, 0.25) is 5.78 Å². The molecule has 0 saturated heterocycles. The molecule has 1 unspecified atom stereocenters. The average Bonchev–Trinajstić information content (AvgIpc) is 2.81. The summed E-state index contributed by atoms with van der Waals surface area (Å²) >= 11 is 0. The van der Waals surface area contributed by atoms with Crippen LogP contribution in [0, 0.1) is 23.7 Å². The first-order valence-corrected chi connectivity index (χ1v) is 13.8. The van der Waals surface area contributed by atoms with Gasteiger partial charge < -0.3 is 26.2 Å². The van der Waals surface area contributed by atoms with Crippen molar-refractivity contribution in [3.05, 3.63) is 45.7 Å². The Labute approximate surface area is 234 Å². The number of fused-ring (bicyclic) bond motifs is 3. The number of nitrogens with two attached hydrogens (primary N) is 1. The van der Waals surface area contributed by atoms with Crippen molar-refractivity contribution in [1.82, 2.24) is 9.80 Å². The summed E-state index contributed by atoms with van der Waals surface area (Å²) in [7, 11) is 3.17. The second-order valence-corrected chi connectivity index (χ2v) is 12.5. The Morgan fingerprint density at radius 1 is 1.07 bits per heavy atom. The van der Waals surface area contributed by atoms with Crippen LogP contribution in [0.25, 0.3) is 5.76 Å². The van der Waals surface area contributed by atoms with Crippen LogP contribution in [-0.4, -0.2) is 86.5 Å². The molecule has 40 heavy (non-hydrogen) atoms. The molecule has 1 aromatic rings. The van der Waals surface area contributed by atoms with Crippen LogP contribution in [0.2, 0.25) is 0 Å². The third kappa shape index (κ3) is 4.71. The molecule has 1 amide bonds. The molecular formula is C30H41N3O7. The number of hydrogen-bond acceptors (Lipinski definition) is 9. The van der Waals surface area contributed by atoms with Gasteiger partial charge in [-0.15, -0.1) is 0 Å². The number of aromatic hydroxyl groups is 1. The van der Waals surface area contributed by atoms with E-state index >= 15 is 0 Å². The van der Waals surface area contributed by atoms with Crippen molar-refractivity contribution < 1.29 is 34.8 Å². The van der Waals surface area contributed by atoms with Crippen molar-refractivity contribution in [3.63, 3.8) is 0 Å². The Balaban J connectivity index is 1.87. The number of carbonyl (C=O) groups excluding carboxylic acids is 3. The number of phenols is 1. The average molecular weight is 556 g/mol. The second-order valence-electron chi connectivity index (χ2n) is 12.5. The first-order chi connectivity index (χ1) is 18.6. The van der Waals surface area contributed by atoms with Gasteiger partial charge in [-0.3, -0.25) is 24.2 Å². The van der Waals surface area contributed by atoms with Crippen LogP contribution >= 0.6 is 0 Å². The van der Waals surface area contributed by atoms with Crippen LogP contribution in [0.5, 0.6) is 5.75 Å². The van der Waals surface area contributed by atoms with Crippen molar-refractivity contribution in [2.75, 3.05) is 27.2 Å². The maximum atomic E-state index is 14.0. The summed E-state index contributed by atoms with van der Waals surface area (Å²) in [5.74, 6) is -5.59. The van der Waals surface area contributed by atoms with Gasteiger partial charge in [-0.05, 0) is 61.9 Å². The fraction of sp³-hybridized carbons (Fsp3) is 0.567. The number of phenolic OH excluding ortho intramolecular Hbond substituents is 1. The molecule has 0 spiro atoms. The third-order valence-electron chi connectivity index (χ3n) is 8.34. The fourth-order valence-electron chi connectivity index (χ4n) is 6.93. The Morgan fingerprint density at radius 2 is 1.68 bits per heavy atom. The maximum Gasteiger partial charge on any atom is 0.255 e. The molecule has 1 fully saturated rings. The summed E-state index contributed by atoms with van der Waals surface area (Å²) in [6, 6.07) is 2.22. The number of aliphatic hydroxyl groups is 3. The van der Waals surface area contributed by atoms with Crippen LogP contribution in [0.1, 0.15) is 50.8 Å². The first kappa shape index (κ1) is 29.8. The lowest BCUT2D eigenvalue weighted by molar-refractivity contribution is -0.153. The summed E-state index contributed by atoms with van der Waals surface area (Å²) < 4.78 is 0. The SMILES string of the molecule is CC(C)CN(Cc1ccc(O)c2c1C[C@H]1C[C@@H]3C(N(C)C)C(=O)C(C(N)=O)=C(O)[C@@]3(O)C(=O)C1=C2O)CC(C)C. The summed E-state index contributed by atoms with van der Waals surface area (Å²) in [5, 5.41) is 45.0. The Bertz CT molecular complexity index is 1300. The Kier molecular flexibility index (Phi) is 7.92. The Hall–Kier alpha value is -3.21. The first-order valence-electron chi connectivity index (χ1n) is 13.8. The number of primary amides is 1. The van der Waals surface area contributed by atoms with E-state index in [9.17, 15) is 34.8 Å².